The predicted molar refractivity (Wildman–Crippen MR) is 134 cm³/mol. The predicted octanol–water partition coefficient (Wildman–Crippen LogP) is 4.11. The Morgan fingerprint density at radius 2 is 1.52 bits per heavy atom. The van der Waals surface area contributed by atoms with Gasteiger partial charge in [-0.1, -0.05) is 81.4 Å². The van der Waals surface area contributed by atoms with Crippen molar-refractivity contribution < 1.29 is 13.6 Å². The van der Waals surface area contributed by atoms with Gasteiger partial charge in [-0.3, -0.25) is 0 Å². The van der Waals surface area contributed by atoms with Gasteiger partial charge < -0.3 is 14.9 Å². The second kappa shape index (κ2) is 10.2. The first-order valence-corrected chi connectivity index (χ1v) is 13.2. The number of hydrogen-bond acceptors (Lipinski definition) is 4. The van der Waals surface area contributed by atoms with Gasteiger partial charge >= 0.3 is 0 Å². The number of rotatable bonds is 8. The highest BCUT2D eigenvalue weighted by atomic mass is 127. The molecule has 164 valence electrons. The Labute approximate surface area is 198 Å². The van der Waals surface area contributed by atoms with Crippen LogP contribution < -0.4 is 20.8 Å². The number of hydrogen-bond donors (Lipinski definition) is 1. The third-order valence-corrected chi connectivity index (χ3v) is 11.0. The molecule has 0 aliphatic carbocycles. The number of pyridine rings is 1. The number of nitrogens with two attached hydrogens (primary N) is 1. The maximum atomic E-state index is 14.0. The highest BCUT2D eigenvalue weighted by Gasteiger charge is 2.50. The SMILES string of the molecule is CC(C)(C)[Si](OCC(N)COc1c(I)ccnc1F)(c1ccccc1)c1ccccc1. The van der Waals surface area contributed by atoms with Gasteiger partial charge in [0.15, 0.2) is 5.75 Å². The summed E-state index contributed by atoms with van der Waals surface area (Å²) in [7, 11) is -2.67. The molecule has 0 radical (unpaired) electrons. The van der Waals surface area contributed by atoms with Crippen LogP contribution in [-0.2, 0) is 4.43 Å². The maximum Gasteiger partial charge on any atom is 0.261 e. The molecule has 4 nitrogen and oxygen atoms in total. The zero-order valence-corrected chi connectivity index (χ0v) is 21.2. The van der Waals surface area contributed by atoms with Gasteiger partial charge in [0.1, 0.15) is 6.61 Å². The van der Waals surface area contributed by atoms with Gasteiger partial charge in [0.05, 0.1) is 16.2 Å². The first-order valence-electron chi connectivity index (χ1n) is 10.2. The van der Waals surface area contributed by atoms with E-state index >= 15 is 0 Å². The van der Waals surface area contributed by atoms with Crippen LogP contribution in [0.5, 0.6) is 5.75 Å². The fraction of sp³-hybridized carbons (Fsp3) is 0.292. The molecular formula is C24H28FIN2O2Si. The van der Waals surface area contributed by atoms with Gasteiger partial charge in [0, 0.05) is 6.20 Å². The van der Waals surface area contributed by atoms with E-state index in [1.54, 1.807) is 6.07 Å². The Kier molecular flexibility index (Phi) is 7.85. The second-order valence-corrected chi connectivity index (χ2v) is 13.9. The Morgan fingerprint density at radius 1 is 0.968 bits per heavy atom. The van der Waals surface area contributed by atoms with E-state index in [0.717, 1.165) is 0 Å². The molecule has 0 aliphatic heterocycles. The van der Waals surface area contributed by atoms with E-state index in [0.29, 0.717) is 10.2 Å². The third-order valence-electron chi connectivity index (χ3n) is 5.19. The lowest BCUT2D eigenvalue weighted by molar-refractivity contribution is 0.206. The van der Waals surface area contributed by atoms with Crippen molar-refractivity contribution in [3.05, 3.63) is 82.4 Å². The van der Waals surface area contributed by atoms with Gasteiger partial charge in [0.2, 0.25) is 0 Å². The first kappa shape index (κ1) is 23.8. The summed E-state index contributed by atoms with van der Waals surface area (Å²) in [6, 6.07) is 22.0. The van der Waals surface area contributed by atoms with E-state index in [4.69, 9.17) is 14.9 Å². The lowest BCUT2D eigenvalue weighted by Crippen LogP contribution is -2.67. The van der Waals surface area contributed by atoms with E-state index in [2.05, 4.69) is 50.0 Å². The molecule has 0 fully saturated rings. The molecule has 1 unspecified atom stereocenters. The zero-order chi connectivity index (χ0) is 22.5. The highest BCUT2D eigenvalue weighted by molar-refractivity contribution is 14.1. The van der Waals surface area contributed by atoms with E-state index in [-0.39, 0.29) is 17.4 Å². The second-order valence-electron chi connectivity index (χ2n) is 8.46. The molecule has 0 saturated carbocycles. The van der Waals surface area contributed by atoms with Crippen LogP contribution in [0, 0.1) is 9.52 Å². The quantitative estimate of drug-likeness (QED) is 0.261. The molecule has 0 spiro atoms. The van der Waals surface area contributed by atoms with Crippen LogP contribution in [0.15, 0.2) is 72.9 Å². The maximum absolute atomic E-state index is 14.0. The number of nitrogens with zero attached hydrogens (tertiary/aromatic N) is 1. The largest absolute Gasteiger partial charge is 0.486 e. The standard InChI is InChI=1S/C24H28FIN2O2Si/c1-24(2,3)31(19-10-6-4-7-11-19,20-12-8-5-9-13-20)30-17-18(27)16-29-22-21(26)14-15-28-23(22)25/h4-15,18H,16-17,27H2,1-3H3. The summed E-state index contributed by atoms with van der Waals surface area (Å²) in [6.45, 7) is 7.08. The number of aromatic nitrogens is 1. The molecule has 0 amide bonds. The van der Waals surface area contributed by atoms with Crippen LogP contribution in [0.2, 0.25) is 5.04 Å². The van der Waals surface area contributed by atoms with Crippen LogP contribution in [0.3, 0.4) is 0 Å². The molecule has 1 aromatic heterocycles. The van der Waals surface area contributed by atoms with Gasteiger partial charge in [-0.2, -0.15) is 4.39 Å². The smallest absolute Gasteiger partial charge is 0.261 e. The summed E-state index contributed by atoms with van der Waals surface area (Å²) in [5.74, 6) is -0.504. The Bertz CT molecular complexity index is 924. The summed E-state index contributed by atoms with van der Waals surface area (Å²) in [4.78, 5) is 3.65. The van der Waals surface area contributed by atoms with Crippen LogP contribution in [0.25, 0.3) is 0 Å². The van der Waals surface area contributed by atoms with Crippen molar-refractivity contribution in [1.29, 1.82) is 0 Å². The van der Waals surface area contributed by atoms with Crippen LogP contribution in [0.4, 0.5) is 4.39 Å². The molecule has 1 heterocycles. The first-order chi connectivity index (χ1) is 14.8. The Morgan fingerprint density at radius 3 is 2.00 bits per heavy atom. The average molecular weight is 550 g/mol. The topological polar surface area (TPSA) is 57.4 Å². The lowest BCUT2D eigenvalue weighted by Gasteiger charge is -2.43. The Hall–Kier alpha value is -1.81. The minimum Gasteiger partial charge on any atom is -0.486 e. The van der Waals surface area contributed by atoms with Crippen molar-refractivity contribution in [2.75, 3.05) is 13.2 Å². The monoisotopic (exact) mass is 550 g/mol. The van der Waals surface area contributed by atoms with E-state index < -0.39 is 20.3 Å². The molecule has 0 saturated heterocycles. The van der Waals surface area contributed by atoms with Gasteiger partial charge in [0.25, 0.3) is 14.3 Å². The van der Waals surface area contributed by atoms with Crippen molar-refractivity contribution in [3.8, 4) is 5.75 Å². The highest BCUT2D eigenvalue weighted by Crippen LogP contribution is 2.36. The molecule has 2 N–H and O–H groups in total. The van der Waals surface area contributed by atoms with Crippen molar-refractivity contribution in [1.82, 2.24) is 4.98 Å². The molecule has 31 heavy (non-hydrogen) atoms. The summed E-state index contributed by atoms with van der Waals surface area (Å²) >= 11 is 2.02. The van der Waals surface area contributed by atoms with E-state index in [1.807, 2.05) is 59.0 Å². The van der Waals surface area contributed by atoms with Crippen LogP contribution >= 0.6 is 22.6 Å². The molecule has 0 bridgehead atoms. The molecule has 7 heteroatoms. The number of ether oxygens (including phenoxy) is 1. The van der Waals surface area contributed by atoms with Crippen LogP contribution in [0.1, 0.15) is 20.8 Å². The molecule has 3 aromatic rings. The lowest BCUT2D eigenvalue weighted by atomic mass is 10.2. The number of halogens is 2. The molecular weight excluding hydrogens is 522 g/mol. The minimum atomic E-state index is -2.67. The van der Waals surface area contributed by atoms with E-state index in [9.17, 15) is 4.39 Å². The third kappa shape index (κ3) is 5.34. The van der Waals surface area contributed by atoms with Gasteiger partial charge in [-0.05, 0) is 44.1 Å². The van der Waals surface area contributed by atoms with Gasteiger partial charge in [-0.15, -0.1) is 0 Å². The molecule has 3 rings (SSSR count). The summed E-state index contributed by atoms with van der Waals surface area (Å²) in [5.41, 5.74) is 6.36. The van der Waals surface area contributed by atoms with E-state index in [1.165, 1.54) is 16.6 Å². The summed E-state index contributed by atoms with van der Waals surface area (Å²) in [5, 5.41) is 2.24. The van der Waals surface area contributed by atoms with Crippen molar-refractivity contribution in [2.45, 2.75) is 31.9 Å². The molecule has 0 aliphatic rings. The normalized spacial score (nSPS) is 13.1. The fourth-order valence-corrected chi connectivity index (χ4v) is 8.92. The summed E-state index contributed by atoms with van der Waals surface area (Å²) < 4.78 is 27.1. The molecule has 2 aromatic carbocycles. The van der Waals surface area contributed by atoms with Crippen molar-refractivity contribution in [3.63, 3.8) is 0 Å². The van der Waals surface area contributed by atoms with Crippen molar-refractivity contribution >= 4 is 41.3 Å². The van der Waals surface area contributed by atoms with Crippen molar-refractivity contribution in [2.24, 2.45) is 5.73 Å². The Balaban J connectivity index is 1.86. The molecule has 1 atom stereocenters. The fourth-order valence-electron chi connectivity index (χ4n) is 3.76. The average Bonchev–Trinajstić information content (AvgIpc) is 2.74. The van der Waals surface area contributed by atoms with Crippen LogP contribution in [-0.4, -0.2) is 32.6 Å². The zero-order valence-electron chi connectivity index (χ0n) is 18.0. The van der Waals surface area contributed by atoms with Gasteiger partial charge in [-0.25, -0.2) is 4.98 Å². The summed E-state index contributed by atoms with van der Waals surface area (Å²) in [6.07, 6.45) is 1.41. The number of benzene rings is 2. The minimum absolute atomic E-state index is 0.129.